The fourth-order valence-corrected chi connectivity index (χ4v) is 2.70. The maximum absolute atomic E-state index is 10.8. The second kappa shape index (κ2) is 4.67. The number of likely N-dealkylation sites (N-methyl/N-ethyl adjacent to an activating group) is 1. The Bertz CT molecular complexity index is 553. The van der Waals surface area contributed by atoms with Gasteiger partial charge in [-0.1, -0.05) is 0 Å². The molecule has 0 fully saturated rings. The number of thiophene rings is 1. The van der Waals surface area contributed by atoms with E-state index < -0.39 is 5.97 Å². The maximum Gasteiger partial charge on any atom is 0.323 e. The molecule has 0 aliphatic carbocycles. The zero-order valence-electron chi connectivity index (χ0n) is 9.67. The minimum Gasteiger partial charge on any atom is -0.480 e. The molecule has 2 aromatic rings. The molecule has 0 atom stereocenters. The number of anilines is 1. The molecule has 0 bridgehead atoms. The first-order valence-electron chi connectivity index (χ1n) is 5.29. The summed E-state index contributed by atoms with van der Waals surface area (Å²) in [5.41, 5.74) is 2.00. The van der Waals surface area contributed by atoms with E-state index in [0.717, 1.165) is 15.8 Å². The van der Waals surface area contributed by atoms with E-state index in [0.29, 0.717) is 12.4 Å². The van der Waals surface area contributed by atoms with Gasteiger partial charge in [0.05, 0.1) is 10.2 Å². The average Bonchev–Trinajstić information content (AvgIpc) is 2.68. The minimum atomic E-state index is -0.855. The molecule has 0 aliphatic rings. The summed E-state index contributed by atoms with van der Waals surface area (Å²) in [5, 5.41) is 10.9. The topological polar surface area (TPSA) is 66.3 Å². The quantitative estimate of drug-likeness (QED) is 0.899. The fourth-order valence-electron chi connectivity index (χ4n) is 1.68. The Morgan fingerprint density at radius 3 is 2.94 bits per heavy atom. The van der Waals surface area contributed by atoms with Crippen molar-refractivity contribution in [1.29, 1.82) is 0 Å². The first-order chi connectivity index (χ1) is 8.13. The van der Waals surface area contributed by atoms with E-state index in [9.17, 15) is 4.79 Å². The molecule has 0 aromatic carbocycles. The molecular weight excluding hydrogens is 238 g/mol. The van der Waals surface area contributed by atoms with E-state index in [2.05, 4.69) is 9.97 Å². The van der Waals surface area contributed by atoms with Gasteiger partial charge in [-0.05, 0) is 24.8 Å². The molecule has 0 unspecified atom stereocenters. The zero-order chi connectivity index (χ0) is 12.4. The molecule has 17 heavy (non-hydrogen) atoms. The number of hydrogen-bond acceptors (Lipinski definition) is 5. The molecule has 6 heteroatoms. The average molecular weight is 251 g/mol. The number of rotatable bonds is 4. The summed E-state index contributed by atoms with van der Waals surface area (Å²) in [6.07, 6.45) is 1.49. The molecule has 0 amide bonds. The van der Waals surface area contributed by atoms with Gasteiger partial charge in [0.25, 0.3) is 0 Å². The lowest BCUT2D eigenvalue weighted by Crippen LogP contribution is -2.30. The Morgan fingerprint density at radius 2 is 2.29 bits per heavy atom. The van der Waals surface area contributed by atoms with Gasteiger partial charge >= 0.3 is 5.97 Å². The third-order valence-electron chi connectivity index (χ3n) is 2.52. The number of aromatic nitrogens is 2. The van der Waals surface area contributed by atoms with Crippen LogP contribution in [-0.4, -0.2) is 34.1 Å². The first kappa shape index (κ1) is 11.8. The summed E-state index contributed by atoms with van der Waals surface area (Å²) in [6.45, 7) is 4.47. The monoisotopic (exact) mass is 251 g/mol. The van der Waals surface area contributed by atoms with Gasteiger partial charge in [0.15, 0.2) is 5.82 Å². The van der Waals surface area contributed by atoms with Crippen LogP contribution in [0.5, 0.6) is 0 Å². The molecule has 90 valence electrons. The van der Waals surface area contributed by atoms with Crippen LogP contribution >= 0.6 is 11.3 Å². The molecule has 0 aliphatic heterocycles. The molecule has 0 radical (unpaired) electrons. The molecule has 0 spiro atoms. The second-order valence-electron chi connectivity index (χ2n) is 3.70. The van der Waals surface area contributed by atoms with Crippen LogP contribution in [0.25, 0.3) is 10.2 Å². The van der Waals surface area contributed by atoms with E-state index in [1.807, 2.05) is 19.2 Å². The van der Waals surface area contributed by atoms with Gasteiger partial charge in [-0.2, -0.15) is 0 Å². The standard InChI is InChI=1S/C11H13N3O2S/c1-3-14(4-8(15)16)11-10-9(12-6-13-11)7(2)5-17-10/h5-6H,3-4H2,1-2H3,(H,15,16). The lowest BCUT2D eigenvalue weighted by molar-refractivity contribution is -0.135. The van der Waals surface area contributed by atoms with Crippen LogP contribution in [0.1, 0.15) is 12.5 Å². The van der Waals surface area contributed by atoms with Crippen LogP contribution in [0.3, 0.4) is 0 Å². The lowest BCUT2D eigenvalue weighted by atomic mass is 10.3. The van der Waals surface area contributed by atoms with Crippen molar-refractivity contribution in [3.8, 4) is 0 Å². The number of carboxylic acids is 1. The minimum absolute atomic E-state index is 0.0421. The van der Waals surface area contributed by atoms with E-state index in [4.69, 9.17) is 5.11 Å². The number of fused-ring (bicyclic) bond motifs is 1. The van der Waals surface area contributed by atoms with Crippen molar-refractivity contribution >= 4 is 33.3 Å². The number of aryl methyl sites for hydroxylation is 1. The summed E-state index contributed by atoms with van der Waals surface area (Å²) in [6, 6.07) is 0. The van der Waals surface area contributed by atoms with Crippen molar-refractivity contribution in [2.75, 3.05) is 18.0 Å². The highest BCUT2D eigenvalue weighted by Gasteiger charge is 2.15. The van der Waals surface area contributed by atoms with Crippen molar-refractivity contribution in [2.45, 2.75) is 13.8 Å². The Morgan fingerprint density at radius 1 is 1.53 bits per heavy atom. The van der Waals surface area contributed by atoms with E-state index in [1.165, 1.54) is 6.33 Å². The number of nitrogens with zero attached hydrogens (tertiary/aromatic N) is 3. The first-order valence-corrected chi connectivity index (χ1v) is 6.17. The Kier molecular flexibility index (Phi) is 3.23. The summed E-state index contributed by atoms with van der Waals surface area (Å²) in [4.78, 5) is 21.0. The van der Waals surface area contributed by atoms with Gasteiger partial charge in [-0.15, -0.1) is 11.3 Å². The number of aliphatic carboxylic acids is 1. The van der Waals surface area contributed by atoms with E-state index >= 15 is 0 Å². The van der Waals surface area contributed by atoms with Gasteiger partial charge in [-0.25, -0.2) is 9.97 Å². The highest BCUT2D eigenvalue weighted by atomic mass is 32.1. The second-order valence-corrected chi connectivity index (χ2v) is 4.58. The van der Waals surface area contributed by atoms with Crippen molar-refractivity contribution < 1.29 is 9.90 Å². The Labute approximate surface area is 103 Å². The largest absolute Gasteiger partial charge is 0.480 e. The van der Waals surface area contributed by atoms with Crippen molar-refractivity contribution in [3.63, 3.8) is 0 Å². The van der Waals surface area contributed by atoms with Crippen LogP contribution < -0.4 is 4.90 Å². The Balaban J connectivity index is 2.49. The third kappa shape index (κ3) is 2.21. The summed E-state index contributed by atoms with van der Waals surface area (Å²) < 4.78 is 0.952. The molecule has 2 rings (SSSR count). The zero-order valence-corrected chi connectivity index (χ0v) is 10.5. The van der Waals surface area contributed by atoms with Crippen LogP contribution in [-0.2, 0) is 4.79 Å². The molecule has 1 N–H and O–H groups in total. The highest BCUT2D eigenvalue weighted by Crippen LogP contribution is 2.30. The molecule has 2 aromatic heterocycles. The van der Waals surface area contributed by atoms with E-state index in [1.54, 1.807) is 16.2 Å². The van der Waals surface area contributed by atoms with Crippen molar-refractivity contribution in [1.82, 2.24) is 9.97 Å². The van der Waals surface area contributed by atoms with Crippen molar-refractivity contribution in [3.05, 3.63) is 17.3 Å². The van der Waals surface area contributed by atoms with Crippen LogP contribution in [0, 0.1) is 6.92 Å². The highest BCUT2D eigenvalue weighted by molar-refractivity contribution is 7.18. The fraction of sp³-hybridized carbons (Fsp3) is 0.364. The lowest BCUT2D eigenvalue weighted by Gasteiger charge is -2.19. The predicted octanol–water partition coefficient (Wildman–Crippen LogP) is 1.91. The number of carboxylic acid groups (broad SMARTS) is 1. The summed E-state index contributed by atoms with van der Waals surface area (Å²) >= 11 is 1.55. The smallest absolute Gasteiger partial charge is 0.323 e. The summed E-state index contributed by atoms with van der Waals surface area (Å²) in [5.74, 6) is -0.148. The third-order valence-corrected chi connectivity index (χ3v) is 3.60. The van der Waals surface area contributed by atoms with Crippen LogP contribution in [0.15, 0.2) is 11.7 Å². The van der Waals surface area contributed by atoms with Crippen molar-refractivity contribution in [2.24, 2.45) is 0 Å². The molecular formula is C11H13N3O2S. The molecule has 0 saturated carbocycles. The van der Waals surface area contributed by atoms with Crippen LogP contribution in [0.2, 0.25) is 0 Å². The maximum atomic E-state index is 10.8. The van der Waals surface area contributed by atoms with Gasteiger partial charge in [0, 0.05) is 6.54 Å². The number of hydrogen-bond donors (Lipinski definition) is 1. The predicted molar refractivity (Wildman–Crippen MR) is 67.7 cm³/mol. The molecule has 2 heterocycles. The van der Waals surface area contributed by atoms with Gasteiger partial charge < -0.3 is 10.0 Å². The molecule has 5 nitrogen and oxygen atoms in total. The van der Waals surface area contributed by atoms with Crippen LogP contribution in [0.4, 0.5) is 5.82 Å². The molecule has 0 saturated heterocycles. The van der Waals surface area contributed by atoms with E-state index in [-0.39, 0.29) is 6.54 Å². The van der Waals surface area contributed by atoms with Gasteiger partial charge in [0.2, 0.25) is 0 Å². The number of carbonyl (C=O) groups is 1. The normalized spacial score (nSPS) is 10.7. The van der Waals surface area contributed by atoms with Gasteiger partial charge in [0.1, 0.15) is 12.9 Å². The summed E-state index contributed by atoms with van der Waals surface area (Å²) in [7, 11) is 0. The Hall–Kier alpha value is -1.69. The SMILES string of the molecule is CCN(CC(=O)O)c1ncnc2c(C)csc12. The van der Waals surface area contributed by atoms with Gasteiger partial charge in [-0.3, -0.25) is 4.79 Å².